The van der Waals surface area contributed by atoms with Crippen molar-refractivity contribution in [1.29, 1.82) is 0 Å². The lowest BCUT2D eigenvalue weighted by molar-refractivity contribution is -0.141. The van der Waals surface area contributed by atoms with E-state index in [-0.39, 0.29) is 54.9 Å². The molecule has 0 radical (unpaired) electrons. The average molecular weight is 1080 g/mol. The number of hydrogen-bond acceptors (Lipinski definition) is 12. The second kappa shape index (κ2) is 22.7. The maximum absolute atomic E-state index is 13.8. The van der Waals surface area contributed by atoms with Crippen LogP contribution in [0.25, 0.3) is 32.3 Å². The number of hydrogen-bond donors (Lipinski definition) is 8. The van der Waals surface area contributed by atoms with Crippen molar-refractivity contribution in [3.8, 4) is 32.3 Å². The van der Waals surface area contributed by atoms with Crippen LogP contribution in [0, 0.1) is 15.2 Å². The Morgan fingerprint density at radius 1 is 0.667 bits per heavy atom. The molecule has 0 saturated carbocycles. The Balaban J connectivity index is 0.000000240. The van der Waals surface area contributed by atoms with Gasteiger partial charge in [-0.25, -0.2) is 47.9 Å². The van der Waals surface area contributed by atoms with Gasteiger partial charge in [0.15, 0.2) is 11.4 Å². The second-order valence-corrected chi connectivity index (χ2v) is 15.6. The topological polar surface area (TPSA) is 249 Å². The Morgan fingerprint density at radius 2 is 1.12 bits per heavy atom. The number of rotatable bonds is 10. The van der Waals surface area contributed by atoms with E-state index >= 15 is 0 Å². The Labute approximate surface area is 388 Å². The smallest absolute Gasteiger partial charge is 0.478 e. The molecule has 4 aromatic heterocycles. The van der Waals surface area contributed by atoms with Crippen LogP contribution in [0.4, 0.5) is 56.3 Å². The van der Waals surface area contributed by atoms with Gasteiger partial charge in [0.05, 0.1) is 11.1 Å². The van der Waals surface area contributed by atoms with E-state index in [4.69, 9.17) is 10.2 Å². The highest BCUT2D eigenvalue weighted by Crippen LogP contribution is 2.39. The first-order valence-corrected chi connectivity index (χ1v) is 21.0. The van der Waals surface area contributed by atoms with Crippen LogP contribution in [0.5, 0.6) is 0 Å². The molecule has 8 N–H and O–H groups in total. The van der Waals surface area contributed by atoms with Gasteiger partial charge < -0.3 is 30.9 Å². The molecular formula is C38H30BF8IN8O8S2. The van der Waals surface area contributed by atoms with Crippen molar-refractivity contribution in [3.05, 3.63) is 109 Å². The van der Waals surface area contributed by atoms with Crippen LogP contribution in [0.15, 0.2) is 71.7 Å². The van der Waals surface area contributed by atoms with E-state index in [0.29, 0.717) is 39.3 Å². The van der Waals surface area contributed by atoms with Gasteiger partial charge in [-0.1, -0.05) is 6.07 Å². The van der Waals surface area contributed by atoms with Crippen LogP contribution in [-0.2, 0) is 12.4 Å². The lowest BCUT2D eigenvalue weighted by Crippen LogP contribution is -2.33. The quantitative estimate of drug-likeness (QED) is 0.0369. The summed E-state index contributed by atoms with van der Waals surface area (Å²) in [5.74, 6) is -4.33. The normalized spacial score (nSPS) is 11.0. The summed E-state index contributed by atoms with van der Waals surface area (Å²) in [5, 5.41) is 47.7. The maximum atomic E-state index is 13.8. The molecule has 6 rings (SSSR count). The van der Waals surface area contributed by atoms with E-state index in [1.165, 1.54) is 36.5 Å². The Morgan fingerprint density at radius 3 is 1.56 bits per heavy atom. The van der Waals surface area contributed by atoms with Gasteiger partial charge in [0, 0.05) is 62.0 Å². The third kappa shape index (κ3) is 14.3. The van der Waals surface area contributed by atoms with Crippen LogP contribution in [0.1, 0.15) is 46.0 Å². The number of anilines is 2. The zero-order valence-corrected chi connectivity index (χ0v) is 37.1. The molecule has 66 heavy (non-hydrogen) atoms. The van der Waals surface area contributed by atoms with Gasteiger partial charge in [-0.3, -0.25) is 10.6 Å². The fraction of sp³-hybridized carbons (Fsp3) is 0.158. The molecule has 2 aromatic carbocycles. The predicted octanol–water partition coefficient (Wildman–Crippen LogP) is 8.04. The summed E-state index contributed by atoms with van der Waals surface area (Å²) in [6.45, 7) is 4.11. The third-order valence-corrected chi connectivity index (χ3v) is 10.4. The number of nitrogens with zero attached hydrogens (tertiary/aromatic N) is 4. The number of carboxylic acid groups (broad SMARTS) is 2. The first kappa shape index (κ1) is 52.3. The number of aromatic carboxylic acids is 2. The van der Waals surface area contributed by atoms with Crippen molar-refractivity contribution in [3.63, 3.8) is 0 Å². The molecule has 28 heteroatoms. The van der Waals surface area contributed by atoms with Gasteiger partial charge in [-0.05, 0) is 84.5 Å². The van der Waals surface area contributed by atoms with Crippen LogP contribution in [0.3, 0.4) is 0 Å². The fourth-order valence-corrected chi connectivity index (χ4v) is 7.28. The van der Waals surface area contributed by atoms with E-state index in [1.807, 2.05) is 22.6 Å². The van der Waals surface area contributed by atoms with Crippen molar-refractivity contribution in [1.82, 2.24) is 30.6 Å². The summed E-state index contributed by atoms with van der Waals surface area (Å²) in [7, 11) is -1.95. The third-order valence-electron chi connectivity index (χ3n) is 7.99. The number of amides is 4. The minimum Gasteiger partial charge on any atom is -0.478 e. The highest BCUT2D eigenvalue weighted by atomic mass is 127. The minimum absolute atomic E-state index is 0.0316. The monoisotopic (exact) mass is 1080 g/mol. The molecule has 4 heterocycles. The molecule has 348 valence electrons. The number of benzene rings is 2. The van der Waals surface area contributed by atoms with Crippen molar-refractivity contribution >= 4 is 93.5 Å². The molecule has 0 bridgehead atoms. The number of urea groups is 2. The molecular weight excluding hydrogens is 1050 g/mol. The standard InChI is InChI=1S/C19H14F4N4O3S.C12H12BF3N4O3S.C7H4FIO2/c1-2-24-18(30)27-15-6-10(16-26-14(8-31-16)19(21,22)23)12(7-25-15)9-3-4-13(20)11(5-9)17(28)29;1-2-17-11(21)20-9-3-6(7(4-18-9)13(22)23)10-19-8(5-24-10)12(14,15)16;8-6-2-1-4(9)3-5(6)7(10)11/h3-8H,2H2,1H3,(H,28,29)(H2,24,25,27,30);3-5,22-23H,2H2,1H3,(H2,17,18,20,21);1-3H,(H,10,11). The number of alkyl halides is 6. The molecule has 16 nitrogen and oxygen atoms in total. The highest BCUT2D eigenvalue weighted by molar-refractivity contribution is 14.1. The molecule has 0 atom stereocenters. The predicted molar refractivity (Wildman–Crippen MR) is 234 cm³/mol. The fourth-order valence-electron chi connectivity index (χ4n) is 5.07. The number of pyridine rings is 2. The van der Waals surface area contributed by atoms with Gasteiger partial charge in [-0.2, -0.15) is 26.3 Å². The molecule has 0 aliphatic rings. The highest BCUT2D eigenvalue weighted by Gasteiger charge is 2.35. The molecule has 0 aliphatic heterocycles. The first-order chi connectivity index (χ1) is 30.9. The van der Waals surface area contributed by atoms with Gasteiger partial charge >= 0.3 is 43.5 Å². The second-order valence-electron chi connectivity index (χ2n) is 12.6. The molecule has 0 unspecified atom stereocenters. The van der Waals surface area contributed by atoms with E-state index in [9.17, 15) is 64.3 Å². The molecule has 0 saturated heterocycles. The van der Waals surface area contributed by atoms with Gasteiger partial charge in [0.2, 0.25) is 0 Å². The summed E-state index contributed by atoms with van der Waals surface area (Å²) < 4.78 is 104. The number of carboxylic acids is 2. The van der Waals surface area contributed by atoms with Gasteiger partial charge in [-0.15, -0.1) is 22.7 Å². The van der Waals surface area contributed by atoms with Crippen molar-refractivity contribution in [2.45, 2.75) is 26.2 Å². The number of thiazole rings is 2. The van der Waals surface area contributed by atoms with Gasteiger partial charge in [0.25, 0.3) is 0 Å². The van der Waals surface area contributed by atoms with E-state index < -0.39 is 72.1 Å². The zero-order chi connectivity index (χ0) is 49.1. The number of carbonyl (C=O) groups excluding carboxylic acids is 2. The molecule has 6 aromatic rings. The Bertz CT molecular complexity index is 2730. The number of nitrogens with one attached hydrogen (secondary N) is 4. The number of carbonyl (C=O) groups is 4. The van der Waals surface area contributed by atoms with Crippen molar-refractivity contribution in [2.24, 2.45) is 0 Å². The summed E-state index contributed by atoms with van der Waals surface area (Å²) in [4.78, 5) is 59.8. The molecule has 0 aliphatic carbocycles. The van der Waals surface area contributed by atoms with E-state index in [2.05, 4.69) is 41.2 Å². The summed E-state index contributed by atoms with van der Waals surface area (Å²) in [6, 6.07) is 8.63. The zero-order valence-electron chi connectivity index (χ0n) is 33.3. The largest absolute Gasteiger partial charge is 0.490 e. The number of aromatic nitrogens is 4. The SMILES string of the molecule is CCNC(=O)Nc1cc(-c2nc(C(F)(F)F)cs2)c(-c2ccc(F)c(C(=O)O)c2)cn1.CCNC(=O)Nc1cc(-c2nc(C(F)(F)F)cs2)c(B(O)O)cn1.O=C(O)c1cc(I)ccc1F. The summed E-state index contributed by atoms with van der Waals surface area (Å²) in [6.07, 6.45) is -6.97. The Hall–Kier alpha value is -6.37. The molecule has 0 spiro atoms. The molecule has 0 fully saturated rings. The first-order valence-electron chi connectivity index (χ1n) is 18.2. The van der Waals surface area contributed by atoms with Crippen LogP contribution in [-0.4, -0.2) is 84.4 Å². The lowest BCUT2D eigenvalue weighted by atomic mass is 9.78. The lowest BCUT2D eigenvalue weighted by Gasteiger charge is -2.12. The van der Waals surface area contributed by atoms with Crippen LogP contribution < -0.4 is 26.7 Å². The maximum Gasteiger partial charge on any atom is 0.490 e. The van der Waals surface area contributed by atoms with E-state index in [0.717, 1.165) is 35.2 Å². The van der Waals surface area contributed by atoms with Gasteiger partial charge in [0.1, 0.15) is 33.3 Å². The minimum atomic E-state index is -4.66. The summed E-state index contributed by atoms with van der Waals surface area (Å²) in [5.41, 5.74) is -2.59. The number of halogens is 9. The Kier molecular flexibility index (Phi) is 18.0. The summed E-state index contributed by atoms with van der Waals surface area (Å²) >= 11 is 3.33. The molecule has 4 amide bonds. The van der Waals surface area contributed by atoms with Crippen LogP contribution >= 0.6 is 45.3 Å². The van der Waals surface area contributed by atoms with Crippen molar-refractivity contribution < 1.29 is 74.6 Å². The van der Waals surface area contributed by atoms with Crippen LogP contribution in [0.2, 0.25) is 0 Å². The van der Waals surface area contributed by atoms with E-state index in [1.54, 1.807) is 13.8 Å². The van der Waals surface area contributed by atoms with Crippen molar-refractivity contribution in [2.75, 3.05) is 23.7 Å². The average Bonchev–Trinajstić information content (AvgIpc) is 3.95.